The Balaban J connectivity index is 2.42. The zero-order valence-electron chi connectivity index (χ0n) is 8.58. The molecule has 17 heavy (non-hydrogen) atoms. The van der Waals surface area contributed by atoms with Crippen molar-refractivity contribution in [2.45, 2.75) is 0 Å². The van der Waals surface area contributed by atoms with E-state index in [9.17, 15) is 9.59 Å². The standard InChI is InChI=1S/C12H8O4S/c13-11(14)8-3-1-2-7(4-8)9-5-10(12(15)16)17-6-9/h1-6H,(H,13,14)(H,15,16). The third kappa shape index (κ3) is 2.34. The summed E-state index contributed by atoms with van der Waals surface area (Å²) in [7, 11) is 0. The number of carboxylic acid groups (broad SMARTS) is 2. The Bertz CT molecular complexity index is 586. The topological polar surface area (TPSA) is 74.6 Å². The molecule has 1 aromatic carbocycles. The maximum Gasteiger partial charge on any atom is 0.345 e. The molecule has 0 bridgehead atoms. The summed E-state index contributed by atoms with van der Waals surface area (Å²) in [6.45, 7) is 0. The first-order chi connectivity index (χ1) is 8.08. The molecular weight excluding hydrogens is 240 g/mol. The summed E-state index contributed by atoms with van der Waals surface area (Å²) < 4.78 is 0. The summed E-state index contributed by atoms with van der Waals surface area (Å²) in [5.74, 6) is -1.98. The molecule has 0 fully saturated rings. The molecular formula is C12H8O4S. The average Bonchev–Trinajstić information content (AvgIpc) is 2.78. The van der Waals surface area contributed by atoms with Crippen molar-refractivity contribution < 1.29 is 19.8 Å². The molecule has 2 rings (SSSR count). The fourth-order valence-corrected chi connectivity index (χ4v) is 2.19. The van der Waals surface area contributed by atoms with Crippen LogP contribution in [-0.2, 0) is 0 Å². The van der Waals surface area contributed by atoms with Crippen LogP contribution >= 0.6 is 11.3 Å². The van der Waals surface area contributed by atoms with E-state index in [0.717, 1.165) is 16.9 Å². The highest BCUT2D eigenvalue weighted by atomic mass is 32.1. The highest BCUT2D eigenvalue weighted by Crippen LogP contribution is 2.26. The zero-order chi connectivity index (χ0) is 12.4. The Morgan fingerprint density at radius 1 is 1.00 bits per heavy atom. The monoisotopic (exact) mass is 248 g/mol. The van der Waals surface area contributed by atoms with Gasteiger partial charge in [0.1, 0.15) is 4.88 Å². The predicted molar refractivity (Wildman–Crippen MR) is 63.7 cm³/mol. The van der Waals surface area contributed by atoms with Gasteiger partial charge >= 0.3 is 11.9 Å². The SMILES string of the molecule is O=C(O)c1cccc(-c2csc(C(=O)O)c2)c1. The van der Waals surface area contributed by atoms with E-state index in [1.165, 1.54) is 18.2 Å². The fourth-order valence-electron chi connectivity index (χ4n) is 1.43. The van der Waals surface area contributed by atoms with E-state index in [2.05, 4.69) is 0 Å². The molecule has 0 radical (unpaired) electrons. The van der Waals surface area contributed by atoms with Crippen LogP contribution in [-0.4, -0.2) is 22.2 Å². The zero-order valence-corrected chi connectivity index (χ0v) is 9.40. The smallest absolute Gasteiger partial charge is 0.345 e. The van der Waals surface area contributed by atoms with E-state index in [1.54, 1.807) is 17.5 Å². The molecule has 0 spiro atoms. The third-order valence-electron chi connectivity index (χ3n) is 2.25. The number of thiophene rings is 1. The van der Waals surface area contributed by atoms with Gasteiger partial charge in [0.25, 0.3) is 0 Å². The van der Waals surface area contributed by atoms with Gasteiger partial charge in [-0.2, -0.15) is 0 Å². The first-order valence-electron chi connectivity index (χ1n) is 4.73. The van der Waals surface area contributed by atoms with Crippen molar-refractivity contribution in [1.82, 2.24) is 0 Å². The van der Waals surface area contributed by atoms with E-state index in [0.29, 0.717) is 5.56 Å². The first-order valence-corrected chi connectivity index (χ1v) is 5.61. The van der Waals surface area contributed by atoms with Crippen LogP contribution in [0.3, 0.4) is 0 Å². The minimum absolute atomic E-state index is 0.186. The third-order valence-corrected chi connectivity index (χ3v) is 3.17. The molecule has 2 N–H and O–H groups in total. The second-order valence-electron chi connectivity index (χ2n) is 3.39. The predicted octanol–water partition coefficient (Wildman–Crippen LogP) is 2.81. The second-order valence-corrected chi connectivity index (χ2v) is 4.30. The van der Waals surface area contributed by atoms with Crippen LogP contribution < -0.4 is 0 Å². The largest absolute Gasteiger partial charge is 0.478 e. The van der Waals surface area contributed by atoms with E-state index < -0.39 is 11.9 Å². The highest BCUT2D eigenvalue weighted by molar-refractivity contribution is 7.12. The number of hydrogen-bond acceptors (Lipinski definition) is 3. The Morgan fingerprint density at radius 2 is 1.76 bits per heavy atom. The maximum atomic E-state index is 10.8. The van der Waals surface area contributed by atoms with Crippen molar-refractivity contribution in [3.63, 3.8) is 0 Å². The van der Waals surface area contributed by atoms with Gasteiger partial charge < -0.3 is 10.2 Å². The lowest BCUT2D eigenvalue weighted by molar-refractivity contribution is 0.0688. The molecule has 2 aromatic rings. The minimum Gasteiger partial charge on any atom is -0.478 e. The van der Waals surface area contributed by atoms with Gasteiger partial charge in [-0.3, -0.25) is 0 Å². The normalized spacial score (nSPS) is 10.1. The molecule has 1 aromatic heterocycles. The summed E-state index contributed by atoms with van der Waals surface area (Å²) in [5, 5.41) is 19.4. The Morgan fingerprint density at radius 3 is 2.35 bits per heavy atom. The molecule has 86 valence electrons. The Kier molecular flexibility index (Phi) is 2.93. The maximum absolute atomic E-state index is 10.8. The van der Waals surface area contributed by atoms with Crippen LogP contribution in [0, 0.1) is 0 Å². The molecule has 0 aliphatic carbocycles. The number of carboxylic acids is 2. The van der Waals surface area contributed by atoms with E-state index >= 15 is 0 Å². The summed E-state index contributed by atoms with van der Waals surface area (Å²) in [6, 6.07) is 7.94. The summed E-state index contributed by atoms with van der Waals surface area (Å²) in [4.78, 5) is 21.8. The molecule has 4 nitrogen and oxygen atoms in total. The lowest BCUT2D eigenvalue weighted by Crippen LogP contribution is -1.95. The number of benzene rings is 1. The average molecular weight is 248 g/mol. The van der Waals surface area contributed by atoms with Crippen LogP contribution in [0.15, 0.2) is 35.7 Å². The molecule has 5 heteroatoms. The Labute approximate surface area is 101 Å². The van der Waals surface area contributed by atoms with Gasteiger partial charge in [0.2, 0.25) is 0 Å². The van der Waals surface area contributed by atoms with Crippen molar-refractivity contribution in [1.29, 1.82) is 0 Å². The molecule has 0 amide bonds. The molecule has 0 saturated heterocycles. The van der Waals surface area contributed by atoms with Crippen molar-refractivity contribution in [3.8, 4) is 11.1 Å². The molecule has 0 aliphatic rings. The van der Waals surface area contributed by atoms with Crippen LogP contribution in [0.2, 0.25) is 0 Å². The van der Waals surface area contributed by atoms with Crippen LogP contribution in [0.4, 0.5) is 0 Å². The second kappa shape index (κ2) is 4.39. The quantitative estimate of drug-likeness (QED) is 0.875. The van der Waals surface area contributed by atoms with Crippen molar-refractivity contribution >= 4 is 23.3 Å². The molecule has 0 atom stereocenters. The first kappa shape index (κ1) is 11.3. The summed E-state index contributed by atoms with van der Waals surface area (Å²) in [6.07, 6.45) is 0. The van der Waals surface area contributed by atoms with E-state index in [-0.39, 0.29) is 10.4 Å². The molecule has 0 aliphatic heterocycles. The number of rotatable bonds is 3. The van der Waals surface area contributed by atoms with Gasteiger partial charge in [-0.25, -0.2) is 9.59 Å². The fraction of sp³-hybridized carbons (Fsp3) is 0. The number of aromatic carboxylic acids is 2. The van der Waals surface area contributed by atoms with Crippen molar-refractivity contribution in [3.05, 3.63) is 46.2 Å². The number of hydrogen-bond donors (Lipinski definition) is 2. The van der Waals surface area contributed by atoms with Crippen LogP contribution in [0.1, 0.15) is 20.0 Å². The van der Waals surface area contributed by atoms with Crippen LogP contribution in [0.5, 0.6) is 0 Å². The summed E-state index contributed by atoms with van der Waals surface area (Å²) in [5.41, 5.74) is 1.61. The van der Waals surface area contributed by atoms with E-state index in [4.69, 9.17) is 10.2 Å². The van der Waals surface area contributed by atoms with Gasteiger partial charge in [-0.15, -0.1) is 11.3 Å². The summed E-state index contributed by atoms with van der Waals surface area (Å²) >= 11 is 1.12. The van der Waals surface area contributed by atoms with Gasteiger partial charge in [-0.05, 0) is 34.7 Å². The lowest BCUT2D eigenvalue weighted by atomic mass is 10.1. The Hall–Kier alpha value is -2.14. The molecule has 1 heterocycles. The van der Waals surface area contributed by atoms with Gasteiger partial charge in [0.05, 0.1) is 5.56 Å². The van der Waals surface area contributed by atoms with Crippen LogP contribution in [0.25, 0.3) is 11.1 Å². The van der Waals surface area contributed by atoms with Gasteiger partial charge in [-0.1, -0.05) is 12.1 Å². The van der Waals surface area contributed by atoms with E-state index in [1.807, 2.05) is 0 Å². The highest BCUT2D eigenvalue weighted by Gasteiger charge is 2.09. The van der Waals surface area contributed by atoms with Gasteiger partial charge in [0, 0.05) is 0 Å². The number of carbonyl (C=O) groups is 2. The molecule has 0 unspecified atom stereocenters. The lowest BCUT2D eigenvalue weighted by Gasteiger charge is -1.99. The van der Waals surface area contributed by atoms with Crippen molar-refractivity contribution in [2.75, 3.05) is 0 Å². The minimum atomic E-state index is -1.000. The van der Waals surface area contributed by atoms with Crippen molar-refractivity contribution in [2.24, 2.45) is 0 Å². The van der Waals surface area contributed by atoms with Gasteiger partial charge in [0.15, 0.2) is 0 Å². The molecule has 0 saturated carbocycles.